The van der Waals surface area contributed by atoms with Crippen molar-refractivity contribution in [3.05, 3.63) is 23.7 Å². The van der Waals surface area contributed by atoms with Gasteiger partial charge < -0.3 is 10.2 Å². The Balaban J connectivity index is 2.59. The SMILES string of the molecule is CCCCC(N)c1ccoc1CC. The van der Waals surface area contributed by atoms with Crippen LogP contribution in [-0.4, -0.2) is 0 Å². The third kappa shape index (κ3) is 2.59. The van der Waals surface area contributed by atoms with Crippen LogP contribution < -0.4 is 5.73 Å². The molecule has 74 valence electrons. The van der Waals surface area contributed by atoms with Crippen LogP contribution in [0.2, 0.25) is 0 Å². The van der Waals surface area contributed by atoms with E-state index in [1.807, 2.05) is 6.07 Å². The Morgan fingerprint density at radius 2 is 2.23 bits per heavy atom. The number of nitrogens with two attached hydrogens (primary N) is 1. The minimum Gasteiger partial charge on any atom is -0.469 e. The quantitative estimate of drug-likeness (QED) is 0.758. The number of hydrogen-bond donors (Lipinski definition) is 1. The standard InChI is InChI=1S/C11H19NO/c1-3-5-6-10(12)9-7-8-13-11(9)4-2/h7-8,10H,3-6,12H2,1-2H3. The Hall–Kier alpha value is -0.760. The molecule has 1 rings (SSSR count). The van der Waals surface area contributed by atoms with Gasteiger partial charge in [-0.3, -0.25) is 0 Å². The molecule has 0 saturated heterocycles. The molecular formula is C11H19NO. The fourth-order valence-electron chi connectivity index (χ4n) is 1.55. The molecule has 2 N–H and O–H groups in total. The predicted octanol–water partition coefficient (Wildman–Crippen LogP) is 3.03. The molecule has 1 atom stereocenters. The van der Waals surface area contributed by atoms with Crippen LogP contribution >= 0.6 is 0 Å². The van der Waals surface area contributed by atoms with Gasteiger partial charge in [-0.2, -0.15) is 0 Å². The van der Waals surface area contributed by atoms with Gasteiger partial charge in [-0.15, -0.1) is 0 Å². The van der Waals surface area contributed by atoms with Gasteiger partial charge in [-0.05, 0) is 12.5 Å². The Morgan fingerprint density at radius 1 is 1.46 bits per heavy atom. The van der Waals surface area contributed by atoms with Crippen molar-refractivity contribution in [2.45, 2.75) is 45.6 Å². The van der Waals surface area contributed by atoms with Crippen molar-refractivity contribution in [2.75, 3.05) is 0 Å². The summed E-state index contributed by atoms with van der Waals surface area (Å²) in [6, 6.07) is 2.16. The zero-order valence-corrected chi connectivity index (χ0v) is 8.55. The maximum atomic E-state index is 6.04. The lowest BCUT2D eigenvalue weighted by atomic mass is 10.0. The summed E-state index contributed by atoms with van der Waals surface area (Å²) in [5.74, 6) is 1.05. The van der Waals surface area contributed by atoms with Gasteiger partial charge in [-0.1, -0.05) is 26.7 Å². The van der Waals surface area contributed by atoms with Crippen LogP contribution in [0.3, 0.4) is 0 Å². The second-order valence-electron chi connectivity index (χ2n) is 3.40. The molecule has 1 heterocycles. The first-order valence-electron chi connectivity index (χ1n) is 5.11. The highest BCUT2D eigenvalue weighted by Crippen LogP contribution is 2.22. The number of unbranched alkanes of at least 4 members (excludes halogenated alkanes) is 1. The highest BCUT2D eigenvalue weighted by Gasteiger charge is 2.11. The molecule has 0 bridgehead atoms. The Morgan fingerprint density at radius 3 is 2.85 bits per heavy atom. The maximum absolute atomic E-state index is 6.04. The number of rotatable bonds is 5. The summed E-state index contributed by atoms with van der Waals surface area (Å²) in [5, 5.41) is 0. The first kappa shape index (κ1) is 10.3. The molecule has 0 spiro atoms. The van der Waals surface area contributed by atoms with Gasteiger partial charge in [0.15, 0.2) is 0 Å². The second-order valence-corrected chi connectivity index (χ2v) is 3.40. The van der Waals surface area contributed by atoms with Crippen molar-refractivity contribution < 1.29 is 4.42 Å². The summed E-state index contributed by atoms with van der Waals surface area (Å²) < 4.78 is 5.33. The molecule has 0 saturated carbocycles. The lowest BCUT2D eigenvalue weighted by Crippen LogP contribution is -2.10. The smallest absolute Gasteiger partial charge is 0.108 e. The van der Waals surface area contributed by atoms with E-state index in [1.54, 1.807) is 6.26 Å². The molecule has 0 aliphatic heterocycles. The lowest BCUT2D eigenvalue weighted by molar-refractivity contribution is 0.500. The molecule has 2 heteroatoms. The van der Waals surface area contributed by atoms with E-state index in [0.717, 1.165) is 18.6 Å². The molecule has 1 aromatic rings. The fourth-order valence-corrected chi connectivity index (χ4v) is 1.55. The third-order valence-corrected chi connectivity index (χ3v) is 2.37. The zero-order chi connectivity index (χ0) is 9.68. The van der Waals surface area contributed by atoms with Crippen LogP contribution in [0, 0.1) is 0 Å². The average molecular weight is 181 g/mol. The van der Waals surface area contributed by atoms with E-state index in [0.29, 0.717) is 0 Å². The monoisotopic (exact) mass is 181 g/mol. The first-order chi connectivity index (χ1) is 6.29. The molecular weight excluding hydrogens is 162 g/mol. The summed E-state index contributed by atoms with van der Waals surface area (Å²) >= 11 is 0. The predicted molar refractivity (Wildman–Crippen MR) is 54.5 cm³/mol. The third-order valence-electron chi connectivity index (χ3n) is 2.37. The van der Waals surface area contributed by atoms with Crippen molar-refractivity contribution in [3.63, 3.8) is 0 Å². The summed E-state index contributed by atoms with van der Waals surface area (Å²) in [4.78, 5) is 0. The topological polar surface area (TPSA) is 39.2 Å². The van der Waals surface area contributed by atoms with E-state index >= 15 is 0 Å². The Labute approximate surface area is 80.1 Å². The molecule has 0 radical (unpaired) electrons. The number of furan rings is 1. The summed E-state index contributed by atoms with van der Waals surface area (Å²) in [7, 11) is 0. The van der Waals surface area contributed by atoms with Crippen LogP contribution in [-0.2, 0) is 6.42 Å². The summed E-state index contributed by atoms with van der Waals surface area (Å²) in [6.07, 6.45) is 6.12. The van der Waals surface area contributed by atoms with Crippen LogP contribution in [0.1, 0.15) is 50.5 Å². The molecule has 13 heavy (non-hydrogen) atoms. The van der Waals surface area contributed by atoms with Crippen LogP contribution in [0.15, 0.2) is 16.7 Å². The number of hydrogen-bond acceptors (Lipinski definition) is 2. The summed E-state index contributed by atoms with van der Waals surface area (Å²) in [6.45, 7) is 4.28. The van der Waals surface area contributed by atoms with Crippen molar-refractivity contribution in [2.24, 2.45) is 5.73 Å². The highest BCUT2D eigenvalue weighted by atomic mass is 16.3. The van der Waals surface area contributed by atoms with E-state index < -0.39 is 0 Å². The van der Waals surface area contributed by atoms with Crippen LogP contribution in [0.4, 0.5) is 0 Å². The Kier molecular flexibility index (Phi) is 4.03. The van der Waals surface area contributed by atoms with Gasteiger partial charge in [0.05, 0.1) is 6.26 Å². The van der Waals surface area contributed by atoms with Crippen molar-refractivity contribution in [3.8, 4) is 0 Å². The van der Waals surface area contributed by atoms with E-state index in [2.05, 4.69) is 13.8 Å². The minimum atomic E-state index is 0.161. The van der Waals surface area contributed by atoms with Crippen molar-refractivity contribution >= 4 is 0 Å². The van der Waals surface area contributed by atoms with E-state index in [1.165, 1.54) is 18.4 Å². The molecule has 2 nitrogen and oxygen atoms in total. The van der Waals surface area contributed by atoms with Crippen molar-refractivity contribution in [1.29, 1.82) is 0 Å². The highest BCUT2D eigenvalue weighted by molar-refractivity contribution is 5.20. The first-order valence-corrected chi connectivity index (χ1v) is 5.11. The van der Waals surface area contributed by atoms with Crippen LogP contribution in [0.5, 0.6) is 0 Å². The van der Waals surface area contributed by atoms with Gasteiger partial charge in [0.1, 0.15) is 5.76 Å². The van der Waals surface area contributed by atoms with Gasteiger partial charge >= 0.3 is 0 Å². The molecule has 0 aliphatic carbocycles. The normalized spacial score (nSPS) is 13.2. The fraction of sp³-hybridized carbons (Fsp3) is 0.636. The lowest BCUT2D eigenvalue weighted by Gasteiger charge is -2.09. The summed E-state index contributed by atoms with van der Waals surface area (Å²) in [5.41, 5.74) is 7.23. The molecule has 1 aromatic heterocycles. The minimum absolute atomic E-state index is 0.161. The number of aryl methyl sites for hydroxylation is 1. The van der Waals surface area contributed by atoms with Gasteiger partial charge in [-0.25, -0.2) is 0 Å². The zero-order valence-electron chi connectivity index (χ0n) is 8.55. The molecule has 1 unspecified atom stereocenters. The van der Waals surface area contributed by atoms with Gasteiger partial charge in [0.25, 0.3) is 0 Å². The van der Waals surface area contributed by atoms with E-state index in [-0.39, 0.29) is 6.04 Å². The Bertz CT molecular complexity index is 242. The largest absolute Gasteiger partial charge is 0.469 e. The average Bonchev–Trinajstić information content (AvgIpc) is 2.61. The van der Waals surface area contributed by atoms with Crippen molar-refractivity contribution in [1.82, 2.24) is 0 Å². The van der Waals surface area contributed by atoms with E-state index in [9.17, 15) is 0 Å². The van der Waals surface area contributed by atoms with E-state index in [4.69, 9.17) is 10.2 Å². The maximum Gasteiger partial charge on any atom is 0.108 e. The van der Waals surface area contributed by atoms with Gasteiger partial charge in [0, 0.05) is 18.0 Å². The van der Waals surface area contributed by atoms with Gasteiger partial charge in [0.2, 0.25) is 0 Å². The molecule has 0 fully saturated rings. The second kappa shape index (κ2) is 5.07. The molecule has 0 aliphatic rings. The van der Waals surface area contributed by atoms with Crippen LogP contribution in [0.25, 0.3) is 0 Å². The molecule has 0 aromatic carbocycles. The molecule has 0 amide bonds.